The van der Waals surface area contributed by atoms with Crippen molar-refractivity contribution in [1.29, 1.82) is 0 Å². The van der Waals surface area contributed by atoms with Crippen molar-refractivity contribution in [2.45, 2.75) is 105 Å². The minimum Gasteiger partial charge on any atom is -0.307 e. The highest BCUT2D eigenvalue weighted by Gasteiger charge is 2.32. The van der Waals surface area contributed by atoms with Gasteiger partial charge in [-0.2, -0.15) is 0 Å². The maximum Gasteiger partial charge on any atom is 0.124 e. The van der Waals surface area contributed by atoms with Gasteiger partial charge in [0.25, 0.3) is 0 Å². The van der Waals surface area contributed by atoms with E-state index in [2.05, 4.69) is 177 Å². The molecule has 0 unspecified atom stereocenters. The number of aromatic nitrogens is 2. The molecule has 0 fully saturated rings. The molecule has 0 saturated heterocycles. The predicted molar refractivity (Wildman–Crippen MR) is 261 cm³/mol. The lowest BCUT2D eigenvalue weighted by atomic mass is 9.78. The fourth-order valence-corrected chi connectivity index (χ4v) is 10.5. The molecule has 4 heteroatoms. The highest BCUT2D eigenvalue weighted by atomic mass is 19.1. The third kappa shape index (κ3) is 5.37. The molecule has 0 amide bonds. The smallest absolute Gasteiger partial charge is 0.124 e. The van der Waals surface area contributed by atoms with Crippen molar-refractivity contribution in [2.75, 3.05) is 0 Å². The lowest BCUT2D eigenvalue weighted by Crippen LogP contribution is -2.16. The SMILES string of the molecule is CC(C)(C)c1cc(-c2cc(F)cc3c4c5c6ccccc6n6c7c(-c8cc(C(C)(C)C)cc(C(C)(C)C)c8)cc(F)cc7c(c7c8ccccc8n(c23)c74)c56)cc(C(C)(C)C)c1. The summed E-state index contributed by atoms with van der Waals surface area (Å²) in [5.41, 5.74) is 14.3. The van der Waals surface area contributed by atoms with Gasteiger partial charge in [0.1, 0.15) is 11.6 Å². The fraction of sp³-hybridized carbons (Fsp3) is 0.276. The van der Waals surface area contributed by atoms with Crippen molar-refractivity contribution >= 4 is 76.2 Å². The molecular formula is C58H54F2N2. The predicted octanol–water partition coefficient (Wildman–Crippen LogP) is 16.8. The Morgan fingerprint density at radius 1 is 0.339 bits per heavy atom. The van der Waals surface area contributed by atoms with E-state index in [1.165, 1.54) is 22.3 Å². The van der Waals surface area contributed by atoms with Crippen LogP contribution in [0, 0.1) is 11.6 Å². The van der Waals surface area contributed by atoms with Crippen LogP contribution in [0.3, 0.4) is 0 Å². The molecule has 2 nitrogen and oxygen atoms in total. The Hall–Kier alpha value is -6.00. The molecule has 11 aromatic rings. The van der Waals surface area contributed by atoms with Crippen molar-refractivity contribution in [3.8, 4) is 22.3 Å². The van der Waals surface area contributed by atoms with E-state index < -0.39 is 0 Å². The summed E-state index contributed by atoms with van der Waals surface area (Å²) < 4.78 is 38.2. The summed E-state index contributed by atoms with van der Waals surface area (Å²) in [6, 6.07) is 37.9. The normalized spacial score (nSPS) is 13.6. The summed E-state index contributed by atoms with van der Waals surface area (Å²) in [5.74, 6) is -0.533. The molecule has 4 aromatic heterocycles. The van der Waals surface area contributed by atoms with Gasteiger partial charge in [-0.25, -0.2) is 8.78 Å². The van der Waals surface area contributed by atoms with Crippen LogP contribution in [0.1, 0.15) is 105 Å². The van der Waals surface area contributed by atoms with Crippen LogP contribution in [0.5, 0.6) is 0 Å². The number of hydrogen-bond acceptors (Lipinski definition) is 0. The van der Waals surface area contributed by atoms with E-state index in [0.717, 1.165) is 98.4 Å². The zero-order chi connectivity index (χ0) is 43.7. The van der Waals surface area contributed by atoms with E-state index in [1.54, 1.807) is 24.3 Å². The molecule has 0 aliphatic heterocycles. The van der Waals surface area contributed by atoms with Crippen molar-refractivity contribution in [1.82, 2.24) is 8.80 Å². The van der Waals surface area contributed by atoms with Gasteiger partial charge in [0.15, 0.2) is 0 Å². The zero-order valence-electron chi connectivity index (χ0n) is 38.0. The first-order valence-corrected chi connectivity index (χ1v) is 22.1. The van der Waals surface area contributed by atoms with Gasteiger partial charge in [0.2, 0.25) is 0 Å². The maximum absolute atomic E-state index is 16.7. The van der Waals surface area contributed by atoms with Crippen LogP contribution in [0.2, 0.25) is 0 Å². The van der Waals surface area contributed by atoms with Gasteiger partial charge in [0, 0.05) is 54.2 Å². The van der Waals surface area contributed by atoms with Gasteiger partial charge in [-0.05, 0) is 91.4 Å². The van der Waals surface area contributed by atoms with E-state index in [0.29, 0.717) is 0 Å². The molecule has 310 valence electrons. The van der Waals surface area contributed by atoms with Crippen molar-refractivity contribution < 1.29 is 8.78 Å². The lowest BCUT2D eigenvalue weighted by molar-refractivity contribution is 0.568. The molecule has 0 aliphatic rings. The number of hydrogen-bond donors (Lipinski definition) is 0. The van der Waals surface area contributed by atoms with Gasteiger partial charge in [-0.3, -0.25) is 0 Å². The molecule has 11 rings (SSSR count). The first-order valence-electron chi connectivity index (χ1n) is 22.1. The van der Waals surface area contributed by atoms with Crippen LogP contribution in [0.4, 0.5) is 8.78 Å². The Balaban J connectivity index is 1.39. The number of benzene rings is 7. The largest absolute Gasteiger partial charge is 0.307 e. The summed E-state index contributed by atoms with van der Waals surface area (Å²) in [4.78, 5) is 0. The molecule has 0 spiro atoms. The van der Waals surface area contributed by atoms with Gasteiger partial charge >= 0.3 is 0 Å². The molecule has 0 N–H and O–H groups in total. The van der Waals surface area contributed by atoms with Crippen LogP contribution in [-0.4, -0.2) is 8.80 Å². The van der Waals surface area contributed by atoms with Crippen LogP contribution < -0.4 is 0 Å². The molecule has 4 heterocycles. The first-order chi connectivity index (χ1) is 29.1. The van der Waals surface area contributed by atoms with Crippen LogP contribution in [-0.2, 0) is 21.7 Å². The molecule has 7 aromatic carbocycles. The first kappa shape index (κ1) is 38.9. The summed E-state index contributed by atoms with van der Waals surface area (Å²) in [6.45, 7) is 27.0. The van der Waals surface area contributed by atoms with E-state index >= 15 is 8.78 Å². The molecular weight excluding hydrogens is 763 g/mol. The van der Waals surface area contributed by atoms with E-state index in [4.69, 9.17) is 0 Å². The Bertz CT molecular complexity index is 3370. The number of para-hydroxylation sites is 2. The average Bonchev–Trinajstić information content (AvgIpc) is 3.91. The summed E-state index contributed by atoms with van der Waals surface area (Å²) >= 11 is 0. The van der Waals surface area contributed by atoms with Crippen molar-refractivity contribution in [2.24, 2.45) is 0 Å². The topological polar surface area (TPSA) is 8.82 Å². The van der Waals surface area contributed by atoms with E-state index in [1.807, 2.05) is 0 Å². The molecule has 0 radical (unpaired) electrons. The second kappa shape index (κ2) is 12.3. The van der Waals surface area contributed by atoms with Gasteiger partial charge in [0.05, 0.1) is 33.1 Å². The number of halogens is 2. The quantitative estimate of drug-likeness (QED) is 0.164. The summed E-state index contributed by atoms with van der Waals surface area (Å²) in [6.07, 6.45) is 0. The Morgan fingerprint density at radius 3 is 0.968 bits per heavy atom. The third-order valence-corrected chi connectivity index (χ3v) is 13.8. The highest BCUT2D eigenvalue weighted by molar-refractivity contribution is 6.45. The number of nitrogens with zero attached hydrogens (tertiary/aromatic N) is 2. The minimum atomic E-state index is -0.266. The van der Waals surface area contributed by atoms with Gasteiger partial charge in [-0.1, -0.05) is 156 Å². The monoisotopic (exact) mass is 816 g/mol. The van der Waals surface area contributed by atoms with Gasteiger partial charge in [-0.15, -0.1) is 0 Å². The zero-order valence-corrected chi connectivity index (χ0v) is 38.0. The van der Waals surface area contributed by atoms with Crippen molar-refractivity contribution in [3.05, 3.63) is 143 Å². The van der Waals surface area contributed by atoms with E-state index in [-0.39, 0.29) is 33.3 Å². The Labute approximate surface area is 362 Å². The second-order valence-corrected chi connectivity index (χ2v) is 22.2. The Morgan fingerprint density at radius 2 is 0.645 bits per heavy atom. The maximum atomic E-state index is 16.7. The van der Waals surface area contributed by atoms with E-state index in [9.17, 15) is 0 Å². The minimum absolute atomic E-state index is 0.118. The van der Waals surface area contributed by atoms with Crippen molar-refractivity contribution in [3.63, 3.8) is 0 Å². The third-order valence-electron chi connectivity index (χ3n) is 13.8. The number of rotatable bonds is 2. The van der Waals surface area contributed by atoms with Crippen LogP contribution in [0.15, 0.2) is 109 Å². The highest BCUT2D eigenvalue weighted by Crippen LogP contribution is 2.54. The lowest BCUT2D eigenvalue weighted by Gasteiger charge is -2.26. The standard InChI is InChI=1S/C58H54F2N2/c1-55(2,3)33-21-31(22-34(25-33)56(4,5)6)41-27-37(59)29-43-49-47-40-18-14-16-20-46(40)62-52-42(32-23-35(57(7,8)9)26-36(24-32)58(10,11)12)28-38(60)30-44(52)50(54(47)62)48-39-17-13-15-19-45(39)61(51(41)43)53(48)49/h13-30H,1-12H3. The summed E-state index contributed by atoms with van der Waals surface area (Å²) in [7, 11) is 0. The van der Waals surface area contributed by atoms with Crippen LogP contribution in [0.25, 0.3) is 98.4 Å². The molecule has 0 bridgehead atoms. The molecule has 0 saturated carbocycles. The molecule has 0 atom stereocenters. The van der Waals surface area contributed by atoms with Crippen LogP contribution >= 0.6 is 0 Å². The average molecular weight is 817 g/mol. The molecule has 62 heavy (non-hydrogen) atoms. The molecule has 0 aliphatic carbocycles. The number of fused-ring (bicyclic) bond motifs is 14. The fourth-order valence-electron chi connectivity index (χ4n) is 10.5. The van der Waals surface area contributed by atoms with Gasteiger partial charge < -0.3 is 8.80 Å². The Kier molecular flexibility index (Phi) is 7.74. The summed E-state index contributed by atoms with van der Waals surface area (Å²) in [5, 5.41) is 8.17. The second-order valence-electron chi connectivity index (χ2n) is 22.2.